The molecule has 1 atom stereocenters. The van der Waals surface area contributed by atoms with Gasteiger partial charge in [-0.2, -0.15) is 0 Å². The number of aromatic carboxylic acids is 3. The van der Waals surface area contributed by atoms with Crippen LogP contribution in [0.5, 0.6) is 0 Å². The first-order valence-electron chi connectivity index (χ1n) is 14.3. The zero-order valence-corrected chi connectivity index (χ0v) is 24.2. The van der Waals surface area contributed by atoms with Crippen molar-refractivity contribution in [3.8, 4) is 0 Å². The standard InChI is InChI=1S/2C16H22O4/c1-3-5-6-9-12(4-2)20-16(19)14-11-8-7-10-13(14)15(17)18;1-3-5-6-7-8-12-11(4-2)9-10-13(15(17)18)14(12)16(19)20/h7-8,10-12H,3-6,9H2,1-2H3,(H,17,18);9-10H,3-8H2,1-2H3,(H,17,18)(H,19,20). The molecule has 8 nitrogen and oxygen atoms in total. The molecule has 1 unspecified atom stereocenters. The maximum Gasteiger partial charge on any atom is 0.339 e. The molecule has 0 radical (unpaired) electrons. The minimum absolute atomic E-state index is 0.0130. The summed E-state index contributed by atoms with van der Waals surface area (Å²) in [6.45, 7) is 8.16. The number of esters is 1. The minimum Gasteiger partial charge on any atom is -0.478 e. The second kappa shape index (κ2) is 18.6. The van der Waals surface area contributed by atoms with E-state index in [1.54, 1.807) is 18.2 Å². The average Bonchev–Trinajstić information content (AvgIpc) is 2.94. The van der Waals surface area contributed by atoms with Gasteiger partial charge in [-0.15, -0.1) is 0 Å². The largest absolute Gasteiger partial charge is 0.478 e. The van der Waals surface area contributed by atoms with E-state index in [4.69, 9.17) is 14.9 Å². The second-order valence-electron chi connectivity index (χ2n) is 9.68. The second-order valence-corrected chi connectivity index (χ2v) is 9.68. The van der Waals surface area contributed by atoms with Crippen molar-refractivity contribution in [3.05, 3.63) is 69.8 Å². The molecule has 3 N–H and O–H groups in total. The number of aryl methyl sites for hydroxylation is 1. The highest BCUT2D eigenvalue weighted by molar-refractivity contribution is 6.03. The highest BCUT2D eigenvalue weighted by atomic mass is 16.5. The van der Waals surface area contributed by atoms with E-state index in [0.717, 1.165) is 63.4 Å². The summed E-state index contributed by atoms with van der Waals surface area (Å²) in [5.74, 6) is -3.99. The lowest BCUT2D eigenvalue weighted by atomic mass is 9.91. The zero-order valence-electron chi connectivity index (χ0n) is 24.2. The van der Waals surface area contributed by atoms with Crippen molar-refractivity contribution in [1.82, 2.24) is 0 Å². The summed E-state index contributed by atoms with van der Waals surface area (Å²) in [4.78, 5) is 45.8. The third-order valence-electron chi connectivity index (χ3n) is 6.75. The number of hydrogen-bond acceptors (Lipinski definition) is 5. The number of rotatable bonds is 16. The summed E-state index contributed by atoms with van der Waals surface area (Å²) >= 11 is 0. The summed E-state index contributed by atoms with van der Waals surface area (Å²) in [5, 5.41) is 27.6. The Morgan fingerprint density at radius 1 is 0.700 bits per heavy atom. The number of hydrogen-bond donors (Lipinski definition) is 3. The molecule has 2 rings (SSSR count). The van der Waals surface area contributed by atoms with Crippen molar-refractivity contribution in [2.75, 3.05) is 0 Å². The van der Waals surface area contributed by atoms with Crippen molar-refractivity contribution in [1.29, 1.82) is 0 Å². The molecule has 0 heterocycles. The van der Waals surface area contributed by atoms with E-state index in [9.17, 15) is 24.3 Å². The molecule has 0 fully saturated rings. The van der Waals surface area contributed by atoms with E-state index in [2.05, 4.69) is 13.8 Å². The van der Waals surface area contributed by atoms with Gasteiger partial charge in [0.05, 0.1) is 22.3 Å². The molecule has 220 valence electrons. The predicted molar refractivity (Wildman–Crippen MR) is 155 cm³/mol. The Morgan fingerprint density at radius 2 is 1.30 bits per heavy atom. The van der Waals surface area contributed by atoms with Gasteiger partial charge in [0, 0.05) is 0 Å². The first-order chi connectivity index (χ1) is 19.1. The molecule has 2 aromatic carbocycles. The Balaban J connectivity index is 0.000000400. The Labute approximate surface area is 237 Å². The lowest BCUT2D eigenvalue weighted by Crippen LogP contribution is -2.19. The number of carboxylic acids is 3. The van der Waals surface area contributed by atoms with E-state index in [0.29, 0.717) is 18.4 Å². The van der Waals surface area contributed by atoms with Crippen LogP contribution in [0, 0.1) is 0 Å². The minimum atomic E-state index is -1.18. The molecule has 0 aromatic heterocycles. The van der Waals surface area contributed by atoms with Crippen LogP contribution < -0.4 is 0 Å². The van der Waals surface area contributed by atoms with Crippen molar-refractivity contribution in [2.45, 2.75) is 104 Å². The van der Waals surface area contributed by atoms with Crippen molar-refractivity contribution in [2.24, 2.45) is 0 Å². The van der Waals surface area contributed by atoms with Crippen LogP contribution in [0.15, 0.2) is 36.4 Å². The predicted octanol–water partition coefficient (Wildman–Crippen LogP) is 7.67. The molecule has 0 saturated heterocycles. The van der Waals surface area contributed by atoms with Crippen LogP contribution >= 0.6 is 0 Å². The number of benzene rings is 2. The van der Waals surface area contributed by atoms with Crippen molar-refractivity contribution < 1.29 is 39.2 Å². The maximum atomic E-state index is 12.1. The summed E-state index contributed by atoms with van der Waals surface area (Å²) in [6.07, 6.45) is 10.2. The Morgan fingerprint density at radius 3 is 1.82 bits per heavy atom. The average molecular weight is 557 g/mol. The normalized spacial score (nSPS) is 11.2. The van der Waals surface area contributed by atoms with E-state index in [1.165, 1.54) is 18.2 Å². The topological polar surface area (TPSA) is 138 Å². The number of carboxylic acid groups (broad SMARTS) is 3. The van der Waals surface area contributed by atoms with Crippen LogP contribution in [0.25, 0.3) is 0 Å². The fourth-order valence-corrected chi connectivity index (χ4v) is 4.49. The van der Waals surface area contributed by atoms with Gasteiger partial charge in [0.15, 0.2) is 0 Å². The number of unbranched alkanes of at least 4 members (excludes halogenated alkanes) is 5. The first-order valence-corrected chi connectivity index (χ1v) is 14.3. The van der Waals surface area contributed by atoms with Crippen molar-refractivity contribution in [3.63, 3.8) is 0 Å². The fraction of sp³-hybridized carbons (Fsp3) is 0.500. The fourth-order valence-electron chi connectivity index (χ4n) is 4.49. The molecule has 0 aliphatic heterocycles. The molecule has 8 heteroatoms. The smallest absolute Gasteiger partial charge is 0.339 e. The van der Waals surface area contributed by atoms with Gasteiger partial charge in [0.2, 0.25) is 0 Å². The van der Waals surface area contributed by atoms with Gasteiger partial charge in [-0.05, 0) is 67.9 Å². The molecule has 0 aliphatic carbocycles. The van der Waals surface area contributed by atoms with Crippen LogP contribution in [0.3, 0.4) is 0 Å². The quantitative estimate of drug-likeness (QED) is 0.141. The van der Waals surface area contributed by atoms with Gasteiger partial charge >= 0.3 is 23.9 Å². The van der Waals surface area contributed by atoms with Crippen LogP contribution in [-0.4, -0.2) is 45.3 Å². The van der Waals surface area contributed by atoms with Gasteiger partial charge in [0.25, 0.3) is 0 Å². The summed E-state index contributed by atoms with van der Waals surface area (Å²) in [7, 11) is 0. The molecular weight excluding hydrogens is 512 g/mol. The lowest BCUT2D eigenvalue weighted by molar-refractivity contribution is 0.0262. The number of carbonyl (C=O) groups is 4. The van der Waals surface area contributed by atoms with E-state index >= 15 is 0 Å². The van der Waals surface area contributed by atoms with Gasteiger partial charge in [-0.3, -0.25) is 0 Å². The number of ether oxygens (including phenoxy) is 1. The first kappa shape index (κ1) is 34.3. The molecule has 0 bridgehead atoms. The van der Waals surface area contributed by atoms with Crippen LogP contribution in [0.2, 0.25) is 0 Å². The monoisotopic (exact) mass is 556 g/mol. The van der Waals surface area contributed by atoms with Crippen molar-refractivity contribution >= 4 is 23.9 Å². The van der Waals surface area contributed by atoms with Crippen LogP contribution in [-0.2, 0) is 17.6 Å². The molecule has 0 aliphatic rings. The maximum absolute atomic E-state index is 12.1. The molecule has 0 amide bonds. The van der Waals surface area contributed by atoms with E-state index in [1.807, 2.05) is 13.8 Å². The summed E-state index contributed by atoms with van der Waals surface area (Å²) in [5.41, 5.74) is 1.59. The summed E-state index contributed by atoms with van der Waals surface area (Å²) in [6, 6.07) is 9.28. The third kappa shape index (κ3) is 10.8. The Bertz CT molecular complexity index is 1120. The highest BCUT2D eigenvalue weighted by Crippen LogP contribution is 2.23. The lowest BCUT2D eigenvalue weighted by Gasteiger charge is -2.16. The van der Waals surface area contributed by atoms with Gasteiger partial charge in [-0.1, -0.05) is 78.0 Å². The molecular formula is C32H44O8. The Kier molecular flexibility index (Phi) is 16.0. The zero-order chi connectivity index (χ0) is 30.1. The number of carbonyl (C=O) groups excluding carboxylic acids is 1. The van der Waals surface area contributed by atoms with Gasteiger partial charge in [0.1, 0.15) is 6.10 Å². The molecule has 0 spiro atoms. The van der Waals surface area contributed by atoms with E-state index < -0.39 is 23.9 Å². The SMILES string of the molecule is CCCCCC(CC)OC(=O)c1ccccc1C(=O)O.CCCCCCc1c(CC)ccc(C(=O)O)c1C(=O)O. The van der Waals surface area contributed by atoms with Gasteiger partial charge in [-0.25, -0.2) is 19.2 Å². The molecule has 0 saturated carbocycles. The molecule has 2 aromatic rings. The summed E-state index contributed by atoms with van der Waals surface area (Å²) < 4.78 is 5.42. The van der Waals surface area contributed by atoms with Crippen LogP contribution in [0.4, 0.5) is 0 Å². The third-order valence-corrected chi connectivity index (χ3v) is 6.75. The van der Waals surface area contributed by atoms with Crippen LogP contribution in [0.1, 0.15) is 138 Å². The highest BCUT2D eigenvalue weighted by Gasteiger charge is 2.22. The van der Waals surface area contributed by atoms with Gasteiger partial charge < -0.3 is 20.1 Å². The van der Waals surface area contributed by atoms with E-state index in [-0.39, 0.29) is 28.4 Å². The molecule has 40 heavy (non-hydrogen) atoms. The Hall–Kier alpha value is -3.68.